The van der Waals surface area contributed by atoms with Crippen LogP contribution < -0.4 is 10.2 Å². The lowest BCUT2D eigenvalue weighted by Gasteiger charge is -2.13. The number of halogens is 1. The molecule has 0 aliphatic rings. The molecule has 96 valence electrons. The SMILES string of the molecule is CN(C)c1ncc(CNc2ccccc2Cl)n1C. The summed E-state index contributed by atoms with van der Waals surface area (Å²) >= 11 is 6.09. The lowest BCUT2D eigenvalue weighted by atomic mass is 10.3. The van der Waals surface area contributed by atoms with Crippen molar-refractivity contribution in [3.63, 3.8) is 0 Å². The smallest absolute Gasteiger partial charge is 0.204 e. The maximum atomic E-state index is 6.09. The molecule has 1 N–H and O–H groups in total. The number of nitrogens with zero attached hydrogens (tertiary/aromatic N) is 3. The topological polar surface area (TPSA) is 33.1 Å². The fourth-order valence-corrected chi connectivity index (χ4v) is 2.01. The van der Waals surface area contributed by atoms with Gasteiger partial charge in [-0.2, -0.15) is 0 Å². The first-order chi connectivity index (χ1) is 8.59. The predicted molar refractivity (Wildman–Crippen MR) is 76.3 cm³/mol. The Hall–Kier alpha value is -1.68. The quantitative estimate of drug-likeness (QED) is 0.922. The van der Waals surface area contributed by atoms with Crippen LogP contribution in [0.15, 0.2) is 30.5 Å². The van der Waals surface area contributed by atoms with Crippen LogP contribution in [0.1, 0.15) is 5.69 Å². The molecule has 0 unspecified atom stereocenters. The maximum Gasteiger partial charge on any atom is 0.204 e. The predicted octanol–water partition coefficient (Wildman–Crippen LogP) is 2.75. The van der Waals surface area contributed by atoms with Crippen LogP contribution in [0, 0.1) is 0 Å². The van der Waals surface area contributed by atoms with E-state index in [1.54, 1.807) is 0 Å². The van der Waals surface area contributed by atoms with Crippen molar-refractivity contribution in [3.05, 3.63) is 41.2 Å². The average molecular weight is 265 g/mol. The van der Waals surface area contributed by atoms with Crippen molar-refractivity contribution in [3.8, 4) is 0 Å². The molecule has 18 heavy (non-hydrogen) atoms. The van der Waals surface area contributed by atoms with Gasteiger partial charge in [0.1, 0.15) is 0 Å². The van der Waals surface area contributed by atoms with E-state index < -0.39 is 0 Å². The molecule has 1 aromatic heterocycles. The number of benzene rings is 1. The molecule has 1 heterocycles. The number of para-hydroxylation sites is 1. The van der Waals surface area contributed by atoms with Crippen molar-refractivity contribution in [1.82, 2.24) is 9.55 Å². The van der Waals surface area contributed by atoms with E-state index in [9.17, 15) is 0 Å². The van der Waals surface area contributed by atoms with Gasteiger partial charge in [-0.05, 0) is 12.1 Å². The molecule has 0 radical (unpaired) electrons. The Kier molecular flexibility index (Phi) is 3.77. The summed E-state index contributed by atoms with van der Waals surface area (Å²) in [6.07, 6.45) is 1.87. The monoisotopic (exact) mass is 264 g/mol. The third-order valence-electron chi connectivity index (χ3n) is 2.79. The molecule has 0 fully saturated rings. The van der Waals surface area contributed by atoms with Crippen LogP contribution >= 0.6 is 11.6 Å². The number of hydrogen-bond donors (Lipinski definition) is 1. The molecule has 0 atom stereocenters. The molecule has 0 saturated heterocycles. The lowest BCUT2D eigenvalue weighted by Crippen LogP contribution is -2.15. The Bertz CT molecular complexity index is 534. The van der Waals surface area contributed by atoms with Crippen LogP contribution in [-0.4, -0.2) is 23.6 Å². The minimum atomic E-state index is 0.696. The molecular weight excluding hydrogens is 248 g/mol. The summed E-state index contributed by atoms with van der Waals surface area (Å²) in [5, 5.41) is 4.04. The minimum Gasteiger partial charge on any atom is -0.378 e. The summed E-state index contributed by atoms with van der Waals surface area (Å²) < 4.78 is 2.06. The Labute approximate surface area is 112 Å². The van der Waals surface area contributed by atoms with Gasteiger partial charge in [0.25, 0.3) is 0 Å². The zero-order valence-electron chi connectivity index (χ0n) is 10.8. The van der Waals surface area contributed by atoms with Gasteiger partial charge in [-0.15, -0.1) is 0 Å². The number of nitrogens with one attached hydrogen (secondary N) is 1. The molecule has 2 aromatic rings. The van der Waals surface area contributed by atoms with Gasteiger partial charge in [0.2, 0.25) is 5.95 Å². The number of rotatable bonds is 4. The van der Waals surface area contributed by atoms with E-state index in [0.717, 1.165) is 22.4 Å². The first-order valence-electron chi connectivity index (χ1n) is 5.76. The van der Waals surface area contributed by atoms with Crippen LogP contribution in [0.25, 0.3) is 0 Å². The van der Waals surface area contributed by atoms with Crippen molar-refractivity contribution in [2.75, 3.05) is 24.3 Å². The van der Waals surface area contributed by atoms with Gasteiger partial charge in [-0.3, -0.25) is 0 Å². The Morgan fingerprint density at radius 3 is 2.67 bits per heavy atom. The van der Waals surface area contributed by atoms with Crippen LogP contribution in [-0.2, 0) is 13.6 Å². The van der Waals surface area contributed by atoms with E-state index in [0.29, 0.717) is 6.54 Å². The molecule has 0 bridgehead atoms. The molecule has 0 saturated carbocycles. The van der Waals surface area contributed by atoms with E-state index in [-0.39, 0.29) is 0 Å². The maximum absolute atomic E-state index is 6.09. The number of imidazole rings is 1. The van der Waals surface area contributed by atoms with E-state index >= 15 is 0 Å². The van der Waals surface area contributed by atoms with Crippen molar-refractivity contribution in [2.24, 2.45) is 7.05 Å². The second kappa shape index (κ2) is 5.31. The fourth-order valence-electron chi connectivity index (χ4n) is 1.80. The first-order valence-corrected chi connectivity index (χ1v) is 6.13. The number of hydrogen-bond acceptors (Lipinski definition) is 3. The second-order valence-electron chi connectivity index (χ2n) is 4.34. The Morgan fingerprint density at radius 2 is 2.06 bits per heavy atom. The average Bonchev–Trinajstić information content (AvgIpc) is 2.70. The highest BCUT2D eigenvalue weighted by atomic mass is 35.5. The Morgan fingerprint density at radius 1 is 1.33 bits per heavy atom. The normalized spacial score (nSPS) is 10.4. The van der Waals surface area contributed by atoms with Gasteiger partial charge < -0.3 is 14.8 Å². The van der Waals surface area contributed by atoms with E-state index in [1.165, 1.54) is 0 Å². The molecule has 0 aliphatic heterocycles. The van der Waals surface area contributed by atoms with Gasteiger partial charge in [0, 0.05) is 21.1 Å². The van der Waals surface area contributed by atoms with Gasteiger partial charge in [0.05, 0.1) is 29.1 Å². The highest BCUT2D eigenvalue weighted by Crippen LogP contribution is 2.21. The molecular formula is C13H17ClN4. The third kappa shape index (κ3) is 2.59. The van der Waals surface area contributed by atoms with Gasteiger partial charge >= 0.3 is 0 Å². The van der Waals surface area contributed by atoms with Crippen LogP contribution in [0.3, 0.4) is 0 Å². The summed E-state index contributed by atoms with van der Waals surface area (Å²) in [5.74, 6) is 0.936. The standard InChI is InChI=1S/C13H17ClN4/c1-17(2)13-16-9-10(18(13)3)8-15-12-7-5-4-6-11(12)14/h4-7,9,15H,8H2,1-3H3. The molecule has 0 spiro atoms. The first kappa shape index (κ1) is 12.8. The van der Waals surface area contributed by atoms with Crippen LogP contribution in [0.2, 0.25) is 5.02 Å². The van der Waals surface area contributed by atoms with E-state index in [4.69, 9.17) is 11.6 Å². The zero-order chi connectivity index (χ0) is 13.1. The van der Waals surface area contributed by atoms with Gasteiger partial charge in [-0.25, -0.2) is 4.98 Å². The highest BCUT2D eigenvalue weighted by Gasteiger charge is 2.08. The van der Waals surface area contributed by atoms with Crippen molar-refractivity contribution in [1.29, 1.82) is 0 Å². The third-order valence-corrected chi connectivity index (χ3v) is 3.12. The molecule has 0 amide bonds. The van der Waals surface area contributed by atoms with Crippen LogP contribution in [0.5, 0.6) is 0 Å². The largest absolute Gasteiger partial charge is 0.378 e. The van der Waals surface area contributed by atoms with Gasteiger partial charge in [-0.1, -0.05) is 23.7 Å². The summed E-state index contributed by atoms with van der Waals surface area (Å²) in [4.78, 5) is 6.35. The fraction of sp³-hybridized carbons (Fsp3) is 0.308. The minimum absolute atomic E-state index is 0.696. The summed E-state index contributed by atoms with van der Waals surface area (Å²) in [6, 6.07) is 7.72. The van der Waals surface area contributed by atoms with Crippen molar-refractivity contribution in [2.45, 2.75) is 6.54 Å². The summed E-state index contributed by atoms with van der Waals surface area (Å²) in [5.41, 5.74) is 2.05. The molecule has 0 aliphatic carbocycles. The highest BCUT2D eigenvalue weighted by molar-refractivity contribution is 6.33. The Balaban J connectivity index is 2.09. The van der Waals surface area contributed by atoms with E-state index in [2.05, 4.69) is 14.9 Å². The number of aromatic nitrogens is 2. The van der Waals surface area contributed by atoms with E-state index in [1.807, 2.05) is 56.5 Å². The van der Waals surface area contributed by atoms with Crippen LogP contribution in [0.4, 0.5) is 11.6 Å². The van der Waals surface area contributed by atoms with Crippen molar-refractivity contribution < 1.29 is 0 Å². The summed E-state index contributed by atoms with van der Waals surface area (Å²) in [6.45, 7) is 0.696. The van der Waals surface area contributed by atoms with Crippen molar-refractivity contribution >= 4 is 23.2 Å². The number of anilines is 2. The lowest BCUT2D eigenvalue weighted by molar-refractivity contribution is 0.814. The molecule has 4 nitrogen and oxygen atoms in total. The summed E-state index contributed by atoms with van der Waals surface area (Å²) in [7, 11) is 5.97. The second-order valence-corrected chi connectivity index (χ2v) is 4.74. The zero-order valence-corrected chi connectivity index (χ0v) is 11.6. The molecule has 1 aromatic carbocycles. The molecule has 2 rings (SSSR count). The van der Waals surface area contributed by atoms with Gasteiger partial charge in [0.15, 0.2) is 0 Å². The molecule has 5 heteroatoms.